The zero-order chi connectivity index (χ0) is 21.1. The van der Waals surface area contributed by atoms with Gasteiger partial charge in [0, 0.05) is 29.4 Å². The fraction of sp³-hybridized carbons (Fsp3) is 0.208. The maximum absolute atomic E-state index is 12.7. The summed E-state index contributed by atoms with van der Waals surface area (Å²) in [4.78, 5) is 21.6. The molecule has 152 valence electrons. The van der Waals surface area contributed by atoms with E-state index < -0.39 is 0 Å². The summed E-state index contributed by atoms with van der Waals surface area (Å²) in [5.74, 6) is 1.11. The molecule has 2 heterocycles. The predicted octanol–water partition coefficient (Wildman–Crippen LogP) is 4.23. The lowest BCUT2D eigenvalue weighted by molar-refractivity contribution is 0.0991. The summed E-state index contributed by atoms with van der Waals surface area (Å²) < 4.78 is 12.5. The van der Waals surface area contributed by atoms with E-state index in [1.54, 1.807) is 38.7 Å². The first-order valence-electron chi connectivity index (χ1n) is 9.68. The van der Waals surface area contributed by atoms with Gasteiger partial charge >= 0.3 is 0 Å². The number of pyridine rings is 1. The average Bonchev–Trinajstić information content (AvgIpc) is 3.19. The summed E-state index contributed by atoms with van der Waals surface area (Å²) in [5.41, 5.74) is 4.45. The number of carbonyl (C=O) groups is 1. The first-order chi connectivity index (χ1) is 14.6. The highest BCUT2D eigenvalue weighted by atomic mass is 16.5. The Morgan fingerprint density at radius 1 is 1.00 bits per heavy atom. The van der Waals surface area contributed by atoms with Crippen molar-refractivity contribution in [3.05, 3.63) is 83.6 Å². The molecule has 0 amide bonds. The second-order valence-electron chi connectivity index (χ2n) is 7.19. The number of aromatic nitrogens is 3. The van der Waals surface area contributed by atoms with Crippen LogP contribution in [0.25, 0.3) is 10.9 Å². The highest BCUT2D eigenvalue weighted by molar-refractivity contribution is 5.97. The van der Waals surface area contributed by atoms with Crippen LogP contribution < -0.4 is 9.47 Å². The summed E-state index contributed by atoms with van der Waals surface area (Å²) in [6, 6.07) is 15.5. The van der Waals surface area contributed by atoms with Gasteiger partial charge in [0.15, 0.2) is 17.3 Å². The molecule has 30 heavy (non-hydrogen) atoms. The maximum atomic E-state index is 12.7. The number of benzene rings is 2. The van der Waals surface area contributed by atoms with Crippen LogP contribution in [0.15, 0.2) is 61.1 Å². The third-order valence-electron chi connectivity index (χ3n) is 4.99. The van der Waals surface area contributed by atoms with E-state index in [0.717, 1.165) is 27.9 Å². The lowest BCUT2D eigenvalue weighted by atomic mass is 10.1. The number of rotatable bonds is 7. The Morgan fingerprint density at radius 3 is 2.63 bits per heavy atom. The molecule has 2 aromatic heterocycles. The highest BCUT2D eigenvalue weighted by Crippen LogP contribution is 2.28. The Morgan fingerprint density at radius 2 is 1.83 bits per heavy atom. The van der Waals surface area contributed by atoms with Gasteiger partial charge in [-0.05, 0) is 48.9 Å². The number of hydrogen-bond donors (Lipinski definition) is 0. The molecule has 0 atom stereocenters. The van der Waals surface area contributed by atoms with E-state index in [0.29, 0.717) is 23.6 Å². The minimum absolute atomic E-state index is 0.0200. The minimum Gasteiger partial charge on any atom is -0.493 e. The maximum Gasteiger partial charge on any atom is 0.169 e. The van der Waals surface area contributed by atoms with E-state index in [1.807, 2.05) is 29.8 Å². The van der Waals surface area contributed by atoms with Crippen molar-refractivity contribution in [2.45, 2.75) is 19.9 Å². The van der Waals surface area contributed by atoms with Gasteiger partial charge in [-0.15, -0.1) is 0 Å². The van der Waals surface area contributed by atoms with Crippen LogP contribution in [-0.4, -0.2) is 34.5 Å². The Labute approximate surface area is 175 Å². The quantitative estimate of drug-likeness (QED) is 0.434. The van der Waals surface area contributed by atoms with Gasteiger partial charge in [0.2, 0.25) is 0 Å². The number of nitrogens with zero attached hydrogens (tertiary/aromatic N) is 3. The van der Waals surface area contributed by atoms with Crippen molar-refractivity contribution < 1.29 is 14.3 Å². The molecule has 0 aliphatic heterocycles. The average molecular weight is 401 g/mol. The molecule has 0 unspecified atom stereocenters. The van der Waals surface area contributed by atoms with Crippen molar-refractivity contribution in [2.75, 3.05) is 14.2 Å². The van der Waals surface area contributed by atoms with Gasteiger partial charge in [0.1, 0.15) is 0 Å². The van der Waals surface area contributed by atoms with E-state index in [9.17, 15) is 4.79 Å². The first kappa shape index (κ1) is 19.6. The van der Waals surface area contributed by atoms with E-state index >= 15 is 0 Å². The monoisotopic (exact) mass is 401 g/mol. The van der Waals surface area contributed by atoms with E-state index in [4.69, 9.17) is 9.47 Å². The fourth-order valence-corrected chi connectivity index (χ4v) is 3.45. The highest BCUT2D eigenvalue weighted by Gasteiger charge is 2.13. The Kier molecular flexibility index (Phi) is 5.48. The van der Waals surface area contributed by atoms with Gasteiger partial charge in [-0.25, -0.2) is 4.98 Å². The summed E-state index contributed by atoms with van der Waals surface area (Å²) in [5, 5.41) is 1.11. The number of Topliss-reactive ketones (excluding diaryl/α,β-unsaturated/α-hetero) is 1. The molecule has 0 aliphatic carbocycles. The van der Waals surface area contributed by atoms with E-state index in [1.165, 1.54) is 0 Å². The van der Waals surface area contributed by atoms with Crippen molar-refractivity contribution in [1.82, 2.24) is 14.5 Å². The number of methoxy groups -OCH3 is 2. The summed E-state index contributed by atoms with van der Waals surface area (Å²) in [6.07, 6.45) is 3.90. The molecule has 0 bridgehead atoms. The molecule has 0 fully saturated rings. The number of imidazole rings is 1. The number of fused-ring (bicyclic) bond motifs is 1. The van der Waals surface area contributed by atoms with Gasteiger partial charge in [0.05, 0.1) is 38.2 Å². The molecular weight excluding hydrogens is 378 g/mol. The van der Waals surface area contributed by atoms with Crippen molar-refractivity contribution in [1.29, 1.82) is 0 Å². The third-order valence-corrected chi connectivity index (χ3v) is 4.99. The van der Waals surface area contributed by atoms with Crippen LogP contribution in [0.4, 0.5) is 0 Å². The van der Waals surface area contributed by atoms with Gasteiger partial charge < -0.3 is 14.0 Å². The SMILES string of the molecule is COc1ccc(C(=O)Cc2cn(Cc3ccc4nc(C)ccc4c3)cn2)cc1OC. The number of ketones is 1. The van der Waals surface area contributed by atoms with Crippen molar-refractivity contribution in [2.24, 2.45) is 0 Å². The van der Waals surface area contributed by atoms with E-state index in [-0.39, 0.29) is 12.2 Å². The molecule has 0 saturated heterocycles. The third kappa shape index (κ3) is 4.17. The predicted molar refractivity (Wildman–Crippen MR) is 115 cm³/mol. The topological polar surface area (TPSA) is 66.2 Å². The molecule has 0 saturated carbocycles. The van der Waals surface area contributed by atoms with Crippen LogP contribution >= 0.6 is 0 Å². The molecule has 0 aliphatic rings. The summed E-state index contributed by atoms with van der Waals surface area (Å²) >= 11 is 0. The zero-order valence-electron chi connectivity index (χ0n) is 17.3. The second-order valence-corrected chi connectivity index (χ2v) is 7.19. The van der Waals surface area contributed by atoms with Crippen LogP contribution in [0.3, 0.4) is 0 Å². The molecule has 0 spiro atoms. The first-order valence-corrected chi connectivity index (χ1v) is 9.68. The van der Waals surface area contributed by atoms with Gasteiger partial charge in [-0.3, -0.25) is 9.78 Å². The van der Waals surface area contributed by atoms with Crippen LogP contribution in [0, 0.1) is 6.92 Å². The molecule has 4 aromatic rings. The molecule has 0 radical (unpaired) electrons. The van der Waals surface area contributed by atoms with Crippen molar-refractivity contribution in [3.63, 3.8) is 0 Å². The molecular formula is C24H23N3O3. The largest absolute Gasteiger partial charge is 0.493 e. The lowest BCUT2D eigenvalue weighted by Crippen LogP contribution is -2.05. The zero-order valence-corrected chi connectivity index (χ0v) is 17.3. The van der Waals surface area contributed by atoms with Gasteiger partial charge in [0.25, 0.3) is 0 Å². The normalized spacial score (nSPS) is 10.9. The molecule has 6 heteroatoms. The number of hydrogen-bond acceptors (Lipinski definition) is 5. The standard InChI is InChI=1S/C24H23N3O3/c1-16-4-6-18-10-17(5-8-21(18)26-16)13-27-14-20(25-15-27)12-22(28)19-7-9-23(29-2)24(11-19)30-3/h4-11,14-15H,12-13H2,1-3H3. The molecule has 2 aromatic carbocycles. The minimum atomic E-state index is -0.0200. The molecule has 6 nitrogen and oxygen atoms in total. The van der Waals surface area contributed by atoms with Gasteiger partial charge in [-0.2, -0.15) is 0 Å². The van der Waals surface area contributed by atoms with Crippen molar-refractivity contribution >= 4 is 16.7 Å². The number of ether oxygens (including phenoxy) is 2. The number of carbonyl (C=O) groups excluding carboxylic acids is 1. The van der Waals surface area contributed by atoms with Crippen molar-refractivity contribution in [3.8, 4) is 11.5 Å². The van der Waals surface area contributed by atoms with Crippen LogP contribution in [0.1, 0.15) is 27.3 Å². The van der Waals surface area contributed by atoms with E-state index in [2.05, 4.69) is 28.2 Å². The Hall–Kier alpha value is -3.67. The van der Waals surface area contributed by atoms with Crippen LogP contribution in [0.2, 0.25) is 0 Å². The van der Waals surface area contributed by atoms with Crippen LogP contribution in [0.5, 0.6) is 11.5 Å². The van der Waals surface area contributed by atoms with Gasteiger partial charge in [-0.1, -0.05) is 12.1 Å². The summed E-state index contributed by atoms with van der Waals surface area (Å²) in [6.45, 7) is 2.67. The molecule has 4 rings (SSSR count). The number of aryl methyl sites for hydroxylation is 1. The Balaban J connectivity index is 1.46. The Bertz CT molecular complexity index is 1210. The summed E-state index contributed by atoms with van der Waals surface area (Å²) in [7, 11) is 3.12. The lowest BCUT2D eigenvalue weighted by Gasteiger charge is -2.08. The molecule has 0 N–H and O–H groups in total. The fourth-order valence-electron chi connectivity index (χ4n) is 3.45. The smallest absolute Gasteiger partial charge is 0.169 e. The second kappa shape index (κ2) is 8.37. The van der Waals surface area contributed by atoms with Crippen LogP contribution in [-0.2, 0) is 13.0 Å².